The van der Waals surface area contributed by atoms with Crippen molar-refractivity contribution in [1.82, 2.24) is 15.7 Å². The number of aryl methyl sites for hydroxylation is 2. The lowest BCUT2D eigenvalue weighted by Crippen LogP contribution is -2.47. The summed E-state index contributed by atoms with van der Waals surface area (Å²) in [4.78, 5) is 15.7. The first-order valence-electron chi connectivity index (χ1n) is 9.03. The Kier molecular flexibility index (Phi) is 5.08. The van der Waals surface area contributed by atoms with Gasteiger partial charge in [-0.25, -0.2) is 9.97 Å². The predicted molar refractivity (Wildman–Crippen MR) is 103 cm³/mol. The molecule has 1 aromatic heterocycles. The van der Waals surface area contributed by atoms with Gasteiger partial charge in [-0.1, -0.05) is 18.2 Å². The van der Waals surface area contributed by atoms with Gasteiger partial charge >= 0.3 is 0 Å². The zero-order chi connectivity index (χ0) is 17.1. The molecule has 4 rings (SSSR count). The number of fused-ring (bicyclic) bond motifs is 1. The molecule has 2 aliphatic heterocycles. The number of para-hydroxylation sites is 1. The monoisotopic (exact) mass is 353 g/mol. The first-order valence-corrected chi connectivity index (χ1v) is 10.0. The van der Waals surface area contributed by atoms with Gasteiger partial charge < -0.3 is 9.80 Å². The summed E-state index contributed by atoms with van der Waals surface area (Å²) in [6.45, 7) is 4.09. The van der Waals surface area contributed by atoms with Gasteiger partial charge in [0.2, 0.25) is 5.95 Å². The van der Waals surface area contributed by atoms with Crippen LogP contribution in [0.4, 0.5) is 11.6 Å². The summed E-state index contributed by atoms with van der Waals surface area (Å²) in [7, 11) is 0. The van der Waals surface area contributed by atoms with Gasteiger partial charge in [-0.05, 0) is 25.0 Å². The topological polar surface area (TPSA) is 54.6 Å². The van der Waals surface area contributed by atoms with E-state index < -0.39 is 0 Å². The van der Waals surface area contributed by atoms with Crippen LogP contribution in [0.25, 0.3) is 0 Å². The van der Waals surface area contributed by atoms with Crippen molar-refractivity contribution in [1.29, 1.82) is 0 Å². The zero-order valence-electron chi connectivity index (χ0n) is 14.4. The summed E-state index contributed by atoms with van der Waals surface area (Å²) in [6.07, 6.45) is 2.64. The van der Waals surface area contributed by atoms with Gasteiger partial charge in [-0.3, -0.25) is 0 Å². The van der Waals surface area contributed by atoms with Crippen LogP contribution in [-0.2, 0) is 12.8 Å². The van der Waals surface area contributed by atoms with Crippen LogP contribution in [0.3, 0.4) is 0 Å². The number of benzene rings is 1. The second-order valence-corrected chi connectivity index (χ2v) is 7.59. The molecule has 0 unspecified atom stereocenters. The van der Waals surface area contributed by atoms with Crippen molar-refractivity contribution in [3.63, 3.8) is 0 Å². The molecular formula is C19H23N5S. The maximum absolute atomic E-state index is 9.17. The Morgan fingerprint density at radius 2 is 1.76 bits per heavy atom. The fraction of sp³-hybridized carbons (Fsp3) is 0.474. The number of nitrogens with zero attached hydrogens (tertiary/aromatic N) is 5. The standard InChI is InChI=1S/C19H23N5S/c20-9-4-7-16-18-17(8-14-25-18)22-19(21-16)24-12-10-23(11-13-24)15-5-2-1-3-6-15/h1-3,5-6H,4,7-14H2. The predicted octanol–water partition coefficient (Wildman–Crippen LogP) is 2.45. The van der Waals surface area contributed by atoms with E-state index in [9.17, 15) is 0 Å². The maximum atomic E-state index is 9.17. The molecule has 2 aromatic rings. The second kappa shape index (κ2) is 7.62. The molecule has 0 amide bonds. The van der Waals surface area contributed by atoms with E-state index >= 15 is 0 Å². The van der Waals surface area contributed by atoms with E-state index in [1.165, 1.54) is 16.3 Å². The molecule has 0 aliphatic carbocycles. The number of anilines is 2. The van der Waals surface area contributed by atoms with Crippen molar-refractivity contribution < 1.29 is 0 Å². The minimum Gasteiger partial charge on any atom is -0.368 e. The van der Waals surface area contributed by atoms with E-state index in [0.29, 0.717) is 0 Å². The third-order valence-corrected chi connectivity index (χ3v) is 6.00. The molecule has 0 spiro atoms. The molecule has 0 bridgehead atoms. The van der Waals surface area contributed by atoms with Crippen LogP contribution in [0, 0.1) is 0 Å². The number of thioether (sulfide) groups is 1. The first kappa shape index (κ1) is 16.7. The van der Waals surface area contributed by atoms with Gasteiger partial charge in [0.05, 0.1) is 16.3 Å². The van der Waals surface area contributed by atoms with Crippen LogP contribution >= 0.6 is 11.8 Å². The minimum absolute atomic E-state index is 0.217. The highest BCUT2D eigenvalue weighted by Crippen LogP contribution is 2.34. The van der Waals surface area contributed by atoms with Crippen molar-refractivity contribution in [2.24, 2.45) is 0 Å². The van der Waals surface area contributed by atoms with Crippen molar-refractivity contribution in [2.75, 3.05) is 48.3 Å². The quantitative estimate of drug-likeness (QED) is 0.826. The lowest BCUT2D eigenvalue weighted by Gasteiger charge is -2.36. The highest BCUT2D eigenvalue weighted by Gasteiger charge is 2.24. The van der Waals surface area contributed by atoms with Gasteiger partial charge in [0.1, 0.15) is 0 Å². The van der Waals surface area contributed by atoms with Crippen molar-refractivity contribution in [2.45, 2.75) is 24.2 Å². The average Bonchev–Trinajstić information content (AvgIpc) is 3.16. The molecule has 25 heavy (non-hydrogen) atoms. The number of hydrogen-bond acceptors (Lipinski definition) is 5. The summed E-state index contributed by atoms with van der Waals surface area (Å²) in [5.74, 6) is 1.98. The summed E-state index contributed by atoms with van der Waals surface area (Å²) in [5, 5.41) is 0. The smallest absolute Gasteiger partial charge is 0.225 e. The van der Waals surface area contributed by atoms with Crippen LogP contribution in [0.15, 0.2) is 35.2 Å². The maximum Gasteiger partial charge on any atom is 0.225 e. The highest BCUT2D eigenvalue weighted by molar-refractivity contribution is 7.99. The Balaban J connectivity index is 1.49. The van der Waals surface area contributed by atoms with Gasteiger partial charge in [-0.2, -0.15) is 0 Å². The molecule has 0 saturated carbocycles. The van der Waals surface area contributed by atoms with E-state index in [2.05, 4.69) is 40.1 Å². The molecule has 0 N–H and O–H groups in total. The molecule has 3 heterocycles. The average molecular weight is 353 g/mol. The SMILES string of the molecule is [N]CCCc1nc(N2CCN(c3ccccc3)CC2)nc2c1SCC2. The summed E-state index contributed by atoms with van der Waals surface area (Å²) in [6, 6.07) is 10.6. The normalized spacial score (nSPS) is 17.0. The largest absolute Gasteiger partial charge is 0.368 e. The summed E-state index contributed by atoms with van der Waals surface area (Å²) < 4.78 is 0. The Morgan fingerprint density at radius 1 is 1.00 bits per heavy atom. The molecular weight excluding hydrogens is 330 g/mol. The van der Waals surface area contributed by atoms with Crippen LogP contribution in [0.5, 0.6) is 0 Å². The Morgan fingerprint density at radius 3 is 2.52 bits per heavy atom. The molecule has 5 nitrogen and oxygen atoms in total. The summed E-state index contributed by atoms with van der Waals surface area (Å²) >= 11 is 1.86. The first-order chi connectivity index (χ1) is 12.3. The Hall–Kier alpha value is -1.79. The lowest BCUT2D eigenvalue weighted by molar-refractivity contribution is 0.633. The van der Waals surface area contributed by atoms with Crippen LogP contribution in [0.2, 0.25) is 0 Å². The lowest BCUT2D eigenvalue weighted by atomic mass is 10.2. The number of rotatable bonds is 5. The number of hydrogen-bond donors (Lipinski definition) is 0. The minimum atomic E-state index is 0.217. The van der Waals surface area contributed by atoms with Crippen molar-refractivity contribution in [3.05, 3.63) is 41.7 Å². The van der Waals surface area contributed by atoms with Gasteiger partial charge in [0.15, 0.2) is 0 Å². The van der Waals surface area contributed by atoms with E-state index in [-0.39, 0.29) is 6.54 Å². The fourth-order valence-electron chi connectivity index (χ4n) is 3.48. The molecule has 130 valence electrons. The highest BCUT2D eigenvalue weighted by atomic mass is 32.2. The van der Waals surface area contributed by atoms with Gasteiger partial charge in [0, 0.05) is 50.6 Å². The van der Waals surface area contributed by atoms with Crippen molar-refractivity contribution >= 4 is 23.4 Å². The molecule has 0 atom stereocenters. The molecule has 2 aliphatic rings. The molecule has 1 saturated heterocycles. The summed E-state index contributed by atoms with van der Waals surface area (Å²) in [5.41, 5.74) is 12.8. The third kappa shape index (κ3) is 3.60. The Bertz CT molecular complexity index is 713. The second-order valence-electron chi connectivity index (χ2n) is 6.48. The number of aromatic nitrogens is 2. The molecule has 1 aromatic carbocycles. The Labute approximate surface area is 153 Å². The third-order valence-electron chi connectivity index (χ3n) is 4.83. The van der Waals surface area contributed by atoms with Crippen LogP contribution < -0.4 is 15.5 Å². The van der Waals surface area contributed by atoms with E-state index in [1.807, 2.05) is 11.8 Å². The number of piperazine rings is 1. The van der Waals surface area contributed by atoms with E-state index in [4.69, 9.17) is 15.7 Å². The molecule has 6 heteroatoms. The molecule has 1 fully saturated rings. The molecule has 2 radical (unpaired) electrons. The fourth-order valence-corrected chi connectivity index (χ4v) is 4.61. The van der Waals surface area contributed by atoms with Gasteiger partial charge in [0.25, 0.3) is 0 Å². The van der Waals surface area contributed by atoms with Gasteiger partial charge in [-0.15, -0.1) is 17.5 Å². The van der Waals surface area contributed by atoms with Crippen LogP contribution in [0.1, 0.15) is 17.8 Å². The van der Waals surface area contributed by atoms with E-state index in [1.54, 1.807) is 0 Å². The van der Waals surface area contributed by atoms with Crippen LogP contribution in [-0.4, -0.2) is 48.4 Å². The zero-order valence-corrected chi connectivity index (χ0v) is 15.2. The van der Waals surface area contributed by atoms with E-state index in [0.717, 1.165) is 62.8 Å². The van der Waals surface area contributed by atoms with Crippen molar-refractivity contribution in [3.8, 4) is 0 Å².